The summed E-state index contributed by atoms with van der Waals surface area (Å²) in [6.45, 7) is 0. The average molecular weight is 541 g/mol. The lowest BCUT2D eigenvalue weighted by Gasteiger charge is -2.23. The molecule has 0 fully saturated rings. The number of rotatable bonds is 7. The van der Waals surface area contributed by atoms with Gasteiger partial charge in [0.15, 0.2) is 11.5 Å². The van der Waals surface area contributed by atoms with Crippen LogP contribution in [0.1, 0.15) is 44.3 Å². The zero-order chi connectivity index (χ0) is 27.4. The monoisotopic (exact) mass is 540 g/mol. The zero-order valence-electron chi connectivity index (χ0n) is 21.3. The Balaban J connectivity index is 1.55. The van der Waals surface area contributed by atoms with Crippen LogP contribution in [-0.2, 0) is 0 Å². The number of halogens is 1. The second kappa shape index (κ2) is 11.4. The molecule has 4 aromatic carbocycles. The van der Waals surface area contributed by atoms with Gasteiger partial charge in [-0.15, -0.1) is 0 Å². The Kier molecular flexibility index (Phi) is 7.61. The van der Waals surface area contributed by atoms with Crippen molar-refractivity contribution >= 4 is 29.2 Å². The van der Waals surface area contributed by atoms with Crippen molar-refractivity contribution in [1.29, 1.82) is 0 Å². The molecular formula is C31H25ClN2O5. The van der Waals surface area contributed by atoms with Crippen LogP contribution in [0.3, 0.4) is 0 Å². The Bertz CT molecular complexity index is 1540. The number of hydrogen-bond donors (Lipinski definition) is 0. The third kappa shape index (κ3) is 5.49. The normalized spacial score (nSPS) is 14.5. The molecule has 0 bridgehead atoms. The second-order valence-electron chi connectivity index (χ2n) is 8.79. The quantitative estimate of drug-likeness (QED) is 0.196. The first-order valence-electron chi connectivity index (χ1n) is 12.2. The number of hydrogen-bond acceptors (Lipinski definition) is 6. The number of nitrogens with zero attached hydrogens (tertiary/aromatic N) is 2. The highest BCUT2D eigenvalue weighted by atomic mass is 35.5. The van der Waals surface area contributed by atoms with Gasteiger partial charge < -0.3 is 14.2 Å². The minimum Gasteiger partial charge on any atom is -0.493 e. The maximum atomic E-state index is 13.7. The van der Waals surface area contributed by atoms with Crippen LogP contribution in [-0.4, -0.2) is 36.8 Å². The van der Waals surface area contributed by atoms with Gasteiger partial charge in [-0.3, -0.25) is 4.79 Å². The van der Waals surface area contributed by atoms with Crippen molar-refractivity contribution in [3.05, 3.63) is 124 Å². The summed E-state index contributed by atoms with van der Waals surface area (Å²) in [5, 5.41) is 6.65. The van der Waals surface area contributed by atoms with E-state index < -0.39 is 12.0 Å². The van der Waals surface area contributed by atoms with Gasteiger partial charge in [0.2, 0.25) is 0 Å². The molecule has 5 rings (SSSR count). The van der Waals surface area contributed by atoms with Gasteiger partial charge in [0.1, 0.15) is 5.75 Å². The van der Waals surface area contributed by atoms with Crippen molar-refractivity contribution in [2.45, 2.75) is 12.5 Å². The molecule has 39 heavy (non-hydrogen) atoms. The van der Waals surface area contributed by atoms with Crippen LogP contribution in [0.15, 0.2) is 102 Å². The number of carbonyl (C=O) groups excluding carboxylic acids is 2. The molecule has 196 valence electrons. The highest BCUT2D eigenvalue weighted by Crippen LogP contribution is 2.39. The lowest BCUT2D eigenvalue weighted by atomic mass is 9.97. The number of esters is 1. The van der Waals surface area contributed by atoms with Crippen LogP contribution in [0.5, 0.6) is 17.2 Å². The minimum absolute atomic E-state index is 0.268. The first-order chi connectivity index (χ1) is 19.0. The SMILES string of the molecule is COc1ccc([C@H]2CC(c3cc(Cl)ccc3OC(=O)c3ccccc3)=NN2C(=O)c2ccccc2)cc1OC. The van der Waals surface area contributed by atoms with E-state index in [2.05, 4.69) is 0 Å². The van der Waals surface area contributed by atoms with Gasteiger partial charge in [-0.2, -0.15) is 5.10 Å². The topological polar surface area (TPSA) is 77.4 Å². The predicted molar refractivity (Wildman–Crippen MR) is 149 cm³/mol. The Morgan fingerprint density at radius 1 is 0.795 bits per heavy atom. The Morgan fingerprint density at radius 3 is 2.10 bits per heavy atom. The largest absolute Gasteiger partial charge is 0.493 e. The molecule has 0 N–H and O–H groups in total. The third-order valence-corrected chi connectivity index (χ3v) is 6.63. The van der Waals surface area contributed by atoms with E-state index in [1.807, 2.05) is 24.3 Å². The molecule has 1 amide bonds. The van der Waals surface area contributed by atoms with Crippen molar-refractivity contribution < 1.29 is 23.8 Å². The van der Waals surface area contributed by atoms with Crippen LogP contribution < -0.4 is 14.2 Å². The van der Waals surface area contributed by atoms with E-state index in [1.165, 1.54) is 5.01 Å². The lowest BCUT2D eigenvalue weighted by Crippen LogP contribution is -2.27. The summed E-state index contributed by atoms with van der Waals surface area (Å²) in [6, 6.07) is 27.7. The molecule has 8 heteroatoms. The van der Waals surface area contributed by atoms with Gasteiger partial charge in [-0.25, -0.2) is 9.80 Å². The van der Waals surface area contributed by atoms with Crippen molar-refractivity contribution in [2.24, 2.45) is 5.10 Å². The maximum Gasteiger partial charge on any atom is 0.343 e. The van der Waals surface area contributed by atoms with E-state index in [0.717, 1.165) is 5.56 Å². The summed E-state index contributed by atoms with van der Waals surface area (Å²) >= 11 is 6.36. The molecule has 1 aliphatic heterocycles. The summed E-state index contributed by atoms with van der Waals surface area (Å²) in [5.41, 5.74) is 2.80. The van der Waals surface area contributed by atoms with Crippen molar-refractivity contribution in [2.75, 3.05) is 14.2 Å². The molecule has 0 aliphatic carbocycles. The first-order valence-corrected chi connectivity index (χ1v) is 12.6. The Morgan fingerprint density at radius 2 is 1.44 bits per heavy atom. The van der Waals surface area contributed by atoms with Gasteiger partial charge in [0.25, 0.3) is 5.91 Å². The third-order valence-electron chi connectivity index (χ3n) is 6.40. The summed E-state index contributed by atoms with van der Waals surface area (Å²) in [6.07, 6.45) is 0.351. The van der Waals surface area contributed by atoms with Gasteiger partial charge in [0, 0.05) is 22.6 Å². The van der Waals surface area contributed by atoms with E-state index in [1.54, 1.807) is 87.0 Å². The van der Waals surface area contributed by atoms with E-state index in [9.17, 15) is 9.59 Å². The molecule has 4 aromatic rings. The Labute approximate surface area is 231 Å². The van der Waals surface area contributed by atoms with E-state index in [0.29, 0.717) is 51.1 Å². The molecular weight excluding hydrogens is 516 g/mol. The summed E-state index contributed by atoms with van der Waals surface area (Å²) in [4.78, 5) is 26.5. The number of methoxy groups -OCH3 is 2. The van der Waals surface area contributed by atoms with Crippen LogP contribution in [0, 0.1) is 0 Å². The van der Waals surface area contributed by atoms with Crippen LogP contribution in [0.2, 0.25) is 5.02 Å². The summed E-state index contributed by atoms with van der Waals surface area (Å²) in [5.74, 6) is 0.635. The van der Waals surface area contributed by atoms with Gasteiger partial charge in [-0.1, -0.05) is 54.1 Å². The van der Waals surface area contributed by atoms with E-state index in [-0.39, 0.29) is 5.91 Å². The lowest BCUT2D eigenvalue weighted by molar-refractivity contribution is 0.0708. The molecule has 1 atom stereocenters. The molecule has 0 saturated heterocycles. The fourth-order valence-electron chi connectivity index (χ4n) is 4.44. The van der Waals surface area contributed by atoms with Gasteiger partial charge >= 0.3 is 5.97 Å². The van der Waals surface area contributed by atoms with E-state index in [4.69, 9.17) is 30.9 Å². The van der Waals surface area contributed by atoms with Crippen molar-refractivity contribution in [3.63, 3.8) is 0 Å². The maximum absolute atomic E-state index is 13.7. The molecule has 1 aliphatic rings. The minimum atomic E-state index is -0.508. The number of carbonyl (C=O) groups is 2. The number of benzene rings is 4. The molecule has 0 aromatic heterocycles. The highest BCUT2D eigenvalue weighted by Gasteiger charge is 2.35. The molecule has 0 spiro atoms. The van der Waals surface area contributed by atoms with E-state index >= 15 is 0 Å². The molecule has 0 radical (unpaired) electrons. The summed E-state index contributed by atoms with van der Waals surface area (Å²) in [7, 11) is 3.13. The molecule has 0 unspecified atom stereocenters. The smallest absolute Gasteiger partial charge is 0.343 e. The van der Waals surface area contributed by atoms with Crippen molar-refractivity contribution in [3.8, 4) is 17.2 Å². The number of ether oxygens (including phenoxy) is 3. The second-order valence-corrected chi connectivity index (χ2v) is 9.23. The predicted octanol–water partition coefficient (Wildman–Crippen LogP) is 6.57. The fourth-order valence-corrected chi connectivity index (χ4v) is 4.61. The Hall–Kier alpha value is -4.62. The van der Waals surface area contributed by atoms with Crippen LogP contribution in [0.4, 0.5) is 0 Å². The number of amides is 1. The van der Waals surface area contributed by atoms with Gasteiger partial charge in [0.05, 0.1) is 31.5 Å². The molecule has 7 nitrogen and oxygen atoms in total. The number of hydrazone groups is 1. The molecule has 1 heterocycles. The van der Waals surface area contributed by atoms with Crippen LogP contribution in [0.25, 0.3) is 0 Å². The first kappa shape index (κ1) is 26.0. The van der Waals surface area contributed by atoms with Crippen LogP contribution >= 0.6 is 11.6 Å². The summed E-state index contributed by atoms with van der Waals surface area (Å²) < 4.78 is 16.7. The fraction of sp³-hybridized carbons (Fsp3) is 0.129. The zero-order valence-corrected chi connectivity index (χ0v) is 22.1. The average Bonchev–Trinajstić information content (AvgIpc) is 3.43. The molecule has 0 saturated carbocycles. The standard InChI is InChI=1S/C31H25ClN2O5/c1-37-28-15-13-22(17-29(28)38-2)26-19-25(33-34(26)30(35)20-9-5-3-6-10-20)24-18-23(32)14-16-27(24)39-31(36)21-11-7-4-8-12-21/h3-18,26H,19H2,1-2H3/t26-/m1/s1. The highest BCUT2D eigenvalue weighted by molar-refractivity contribution is 6.31. The van der Waals surface area contributed by atoms with Gasteiger partial charge in [-0.05, 0) is 60.2 Å². The van der Waals surface area contributed by atoms with Crippen molar-refractivity contribution in [1.82, 2.24) is 5.01 Å².